The van der Waals surface area contributed by atoms with Crippen LogP contribution in [0.4, 0.5) is 13.2 Å². The smallest absolute Gasteiger partial charge is 0.352 e. The number of halogens is 3. The van der Waals surface area contributed by atoms with Gasteiger partial charge in [-0.1, -0.05) is 18.6 Å². The highest BCUT2D eigenvalue weighted by Crippen LogP contribution is 2.29. The topological polar surface area (TPSA) is 48.5 Å². The van der Waals surface area contributed by atoms with E-state index >= 15 is 0 Å². The molecule has 2 aliphatic rings. The summed E-state index contributed by atoms with van der Waals surface area (Å²) in [4.78, 5) is 21.5. The van der Waals surface area contributed by atoms with Gasteiger partial charge in [-0.2, -0.15) is 13.2 Å². The molecular formula is C26H33F3N4O. The molecule has 1 aromatic carbocycles. The molecule has 0 saturated carbocycles. The number of hydrogen-bond donors (Lipinski definition) is 1. The number of likely N-dealkylation sites (tertiary alicyclic amines) is 2. The monoisotopic (exact) mass is 474 g/mol. The Morgan fingerprint density at radius 1 is 0.971 bits per heavy atom. The van der Waals surface area contributed by atoms with Crippen LogP contribution in [0.1, 0.15) is 54.4 Å². The van der Waals surface area contributed by atoms with E-state index < -0.39 is 11.7 Å². The van der Waals surface area contributed by atoms with Crippen LogP contribution in [0, 0.1) is 0 Å². The van der Waals surface area contributed by atoms with Crippen molar-refractivity contribution in [2.24, 2.45) is 0 Å². The number of alkyl halides is 3. The van der Waals surface area contributed by atoms with Gasteiger partial charge < -0.3 is 15.1 Å². The van der Waals surface area contributed by atoms with Crippen molar-refractivity contribution in [2.75, 3.05) is 39.3 Å². The Bertz CT molecular complexity index is 917. The minimum atomic E-state index is -4.41. The second-order valence-electron chi connectivity index (χ2n) is 9.29. The predicted molar refractivity (Wildman–Crippen MR) is 127 cm³/mol. The van der Waals surface area contributed by atoms with Crippen LogP contribution < -0.4 is 5.32 Å². The molecule has 3 heterocycles. The van der Waals surface area contributed by atoms with Crippen molar-refractivity contribution in [3.05, 3.63) is 53.7 Å². The number of hydrogen-bond acceptors (Lipinski definition) is 4. The summed E-state index contributed by atoms with van der Waals surface area (Å²) in [5.74, 6) is -0.143. The van der Waals surface area contributed by atoms with Crippen LogP contribution >= 0.6 is 0 Å². The molecule has 1 aromatic heterocycles. The fraction of sp³-hybridized carbons (Fsp3) is 0.538. The quantitative estimate of drug-likeness (QED) is 0.584. The summed E-state index contributed by atoms with van der Waals surface area (Å²) >= 11 is 0. The van der Waals surface area contributed by atoms with Gasteiger partial charge in [-0.3, -0.25) is 9.78 Å². The lowest BCUT2D eigenvalue weighted by atomic mass is 10.00. The molecule has 2 aliphatic heterocycles. The van der Waals surface area contributed by atoms with Crippen molar-refractivity contribution in [3.63, 3.8) is 0 Å². The van der Waals surface area contributed by atoms with Gasteiger partial charge in [0.05, 0.1) is 11.3 Å². The van der Waals surface area contributed by atoms with Crippen molar-refractivity contribution in [1.29, 1.82) is 0 Å². The molecule has 0 bridgehead atoms. The molecule has 8 heteroatoms. The van der Waals surface area contributed by atoms with Gasteiger partial charge in [-0.15, -0.1) is 0 Å². The van der Waals surface area contributed by atoms with E-state index in [2.05, 4.69) is 20.1 Å². The Hall–Kier alpha value is -2.45. The average Bonchev–Trinajstić information content (AvgIpc) is 2.87. The third-order valence-corrected chi connectivity index (χ3v) is 6.93. The van der Waals surface area contributed by atoms with Crippen molar-refractivity contribution in [1.82, 2.24) is 20.1 Å². The van der Waals surface area contributed by atoms with Gasteiger partial charge in [0.25, 0.3) is 5.91 Å². The Kier molecular flexibility index (Phi) is 8.21. The molecular weight excluding hydrogens is 441 g/mol. The third kappa shape index (κ3) is 6.57. The molecule has 4 rings (SSSR count). The summed E-state index contributed by atoms with van der Waals surface area (Å²) in [7, 11) is 0. The van der Waals surface area contributed by atoms with Crippen LogP contribution in [0.15, 0.2) is 42.6 Å². The lowest BCUT2D eigenvalue weighted by Crippen LogP contribution is -2.47. The molecule has 0 spiro atoms. The number of piperidine rings is 2. The van der Waals surface area contributed by atoms with E-state index in [9.17, 15) is 18.0 Å². The molecule has 5 nitrogen and oxygen atoms in total. The zero-order valence-corrected chi connectivity index (χ0v) is 19.5. The van der Waals surface area contributed by atoms with E-state index in [1.165, 1.54) is 51.3 Å². The van der Waals surface area contributed by atoms with Crippen molar-refractivity contribution in [3.8, 4) is 11.3 Å². The highest BCUT2D eigenvalue weighted by atomic mass is 19.4. The molecule has 34 heavy (non-hydrogen) atoms. The maximum atomic E-state index is 12.7. The Morgan fingerprint density at radius 3 is 2.29 bits per heavy atom. The molecule has 0 aliphatic carbocycles. The van der Waals surface area contributed by atoms with Gasteiger partial charge in [0.15, 0.2) is 0 Å². The van der Waals surface area contributed by atoms with Crippen LogP contribution in [0.5, 0.6) is 0 Å². The van der Waals surface area contributed by atoms with Gasteiger partial charge in [0, 0.05) is 29.9 Å². The van der Waals surface area contributed by atoms with E-state index in [0.29, 0.717) is 23.4 Å². The SMILES string of the molecule is O=C(NCCCN1CCC(N2CCCCC2)CC1)c1ccc(-c2ccc(C(F)(F)F)cn2)cc1. The number of carbonyl (C=O) groups is 1. The molecule has 2 aromatic rings. The number of benzene rings is 1. The van der Waals surface area contributed by atoms with Gasteiger partial charge in [0.2, 0.25) is 0 Å². The fourth-order valence-electron chi connectivity index (χ4n) is 4.92. The second-order valence-corrected chi connectivity index (χ2v) is 9.29. The van der Waals surface area contributed by atoms with Crippen molar-refractivity contribution < 1.29 is 18.0 Å². The molecule has 0 atom stereocenters. The number of nitrogens with zero attached hydrogens (tertiary/aromatic N) is 3. The summed E-state index contributed by atoms with van der Waals surface area (Å²) < 4.78 is 38.1. The lowest BCUT2D eigenvalue weighted by molar-refractivity contribution is -0.137. The average molecular weight is 475 g/mol. The number of nitrogens with one attached hydrogen (secondary N) is 1. The summed E-state index contributed by atoms with van der Waals surface area (Å²) in [6.07, 6.45) is 3.88. The Balaban J connectivity index is 1.17. The van der Waals surface area contributed by atoms with Gasteiger partial charge in [-0.05, 0) is 89.1 Å². The van der Waals surface area contributed by atoms with Crippen LogP contribution in [-0.4, -0.2) is 66.0 Å². The molecule has 0 radical (unpaired) electrons. The second kappa shape index (κ2) is 11.3. The first kappa shape index (κ1) is 24.7. The van der Waals surface area contributed by atoms with Gasteiger partial charge in [-0.25, -0.2) is 0 Å². The van der Waals surface area contributed by atoms with E-state index in [1.807, 2.05) is 0 Å². The van der Waals surface area contributed by atoms with Gasteiger partial charge in [0.1, 0.15) is 0 Å². The number of rotatable bonds is 7. The summed E-state index contributed by atoms with van der Waals surface area (Å²) in [5.41, 5.74) is 0.846. The van der Waals surface area contributed by atoms with Crippen LogP contribution in [0.2, 0.25) is 0 Å². The minimum Gasteiger partial charge on any atom is -0.352 e. The fourth-order valence-corrected chi connectivity index (χ4v) is 4.92. The molecule has 184 valence electrons. The molecule has 1 amide bonds. The Labute approximate surface area is 199 Å². The third-order valence-electron chi connectivity index (χ3n) is 6.93. The number of carbonyl (C=O) groups excluding carboxylic acids is 1. The zero-order valence-electron chi connectivity index (χ0n) is 19.5. The van der Waals surface area contributed by atoms with E-state index in [0.717, 1.165) is 44.4 Å². The van der Waals surface area contributed by atoms with Crippen molar-refractivity contribution in [2.45, 2.75) is 50.7 Å². The first-order valence-electron chi connectivity index (χ1n) is 12.3. The van der Waals surface area contributed by atoms with E-state index in [1.54, 1.807) is 24.3 Å². The van der Waals surface area contributed by atoms with Crippen LogP contribution in [0.3, 0.4) is 0 Å². The van der Waals surface area contributed by atoms with Crippen LogP contribution in [0.25, 0.3) is 11.3 Å². The molecule has 2 saturated heterocycles. The maximum absolute atomic E-state index is 12.7. The molecule has 2 fully saturated rings. The molecule has 0 unspecified atom stereocenters. The first-order valence-corrected chi connectivity index (χ1v) is 12.3. The number of aromatic nitrogens is 1. The normalized spacial score (nSPS) is 18.7. The summed E-state index contributed by atoms with van der Waals surface area (Å²) in [6.45, 7) is 6.40. The van der Waals surface area contributed by atoms with E-state index in [-0.39, 0.29) is 5.91 Å². The van der Waals surface area contributed by atoms with Crippen LogP contribution in [-0.2, 0) is 6.18 Å². The summed E-state index contributed by atoms with van der Waals surface area (Å²) in [6, 6.07) is 9.86. The largest absolute Gasteiger partial charge is 0.417 e. The highest BCUT2D eigenvalue weighted by molar-refractivity contribution is 5.94. The molecule has 1 N–H and O–H groups in total. The number of pyridine rings is 1. The zero-order chi connectivity index (χ0) is 24.0. The highest BCUT2D eigenvalue weighted by Gasteiger charge is 2.30. The first-order chi connectivity index (χ1) is 16.4. The maximum Gasteiger partial charge on any atom is 0.417 e. The standard InChI is InChI=1S/C26H33F3N4O/c27-26(28,29)22-9-10-24(31-19-22)20-5-7-21(8-6-20)25(34)30-13-4-14-32-17-11-23(12-18-32)33-15-2-1-3-16-33/h5-10,19,23H,1-4,11-18H2,(H,30,34). The predicted octanol–water partition coefficient (Wildman–Crippen LogP) is 4.84. The minimum absolute atomic E-state index is 0.143. The summed E-state index contributed by atoms with van der Waals surface area (Å²) in [5, 5.41) is 2.97. The number of amides is 1. The lowest BCUT2D eigenvalue weighted by Gasteiger charge is -2.40. The Morgan fingerprint density at radius 2 is 1.68 bits per heavy atom. The van der Waals surface area contributed by atoms with Crippen molar-refractivity contribution >= 4 is 5.91 Å². The van der Waals surface area contributed by atoms with E-state index in [4.69, 9.17) is 0 Å². The van der Waals surface area contributed by atoms with Gasteiger partial charge >= 0.3 is 6.18 Å².